The van der Waals surface area contributed by atoms with Gasteiger partial charge < -0.3 is 10.1 Å². The first-order valence-corrected chi connectivity index (χ1v) is 6.46. The maximum atomic E-state index is 10.4. The van der Waals surface area contributed by atoms with E-state index in [9.17, 15) is 8.42 Å². The molecule has 6 nitrogen and oxygen atoms in total. The molecule has 0 rings (SSSR count). The predicted molar refractivity (Wildman–Crippen MR) is 58.6 cm³/mol. The molecule has 15 heavy (non-hydrogen) atoms. The zero-order chi connectivity index (χ0) is 11.7. The third-order valence-electron chi connectivity index (χ3n) is 1.42. The van der Waals surface area contributed by atoms with Crippen molar-refractivity contribution >= 4 is 16.1 Å². The van der Waals surface area contributed by atoms with Gasteiger partial charge >= 0.3 is 0 Å². The minimum Gasteiger partial charge on any atom is -0.465 e. The molecule has 0 radical (unpaired) electrons. The van der Waals surface area contributed by atoms with Gasteiger partial charge in [-0.05, 0) is 20.3 Å². The second-order valence-electron chi connectivity index (χ2n) is 2.80. The van der Waals surface area contributed by atoms with Crippen LogP contribution in [0.2, 0.25) is 0 Å². The van der Waals surface area contributed by atoms with E-state index in [1.54, 1.807) is 0 Å². The van der Waals surface area contributed by atoms with Crippen LogP contribution in [0.4, 0.5) is 0 Å². The highest BCUT2D eigenvalue weighted by atomic mass is 32.2. The summed E-state index contributed by atoms with van der Waals surface area (Å²) in [5.74, 6) is -0.293. The average Bonchev–Trinajstić information content (AvgIpc) is 2.11. The smallest absolute Gasteiger partial charge is 0.284 e. The normalized spacial score (nSPS) is 12.6. The first-order chi connectivity index (χ1) is 6.99. The Balaban J connectivity index is 3.77. The molecule has 2 N–H and O–H groups in total. The average molecular weight is 238 g/mol. The van der Waals surface area contributed by atoms with Crippen molar-refractivity contribution in [1.82, 2.24) is 5.32 Å². The van der Waals surface area contributed by atoms with Crippen LogP contribution in [0.1, 0.15) is 20.3 Å². The van der Waals surface area contributed by atoms with Crippen molar-refractivity contribution in [3.05, 3.63) is 0 Å². The monoisotopic (exact) mass is 238 g/mol. The van der Waals surface area contributed by atoms with Gasteiger partial charge in [-0.15, -0.1) is 0 Å². The van der Waals surface area contributed by atoms with E-state index in [1.807, 2.05) is 13.8 Å². The minimum absolute atomic E-state index is 0.214. The summed E-state index contributed by atoms with van der Waals surface area (Å²) in [5, 5.41) is 2.90. The molecular weight excluding hydrogens is 220 g/mol. The highest BCUT2D eigenvalue weighted by Crippen LogP contribution is 1.90. The quantitative estimate of drug-likeness (QED) is 0.300. The summed E-state index contributed by atoms with van der Waals surface area (Å²) in [6.45, 7) is 5.29. The Morgan fingerprint density at radius 2 is 2.13 bits per heavy atom. The molecule has 0 aromatic rings. The van der Waals surface area contributed by atoms with Gasteiger partial charge in [-0.25, -0.2) is 4.99 Å². The van der Waals surface area contributed by atoms with E-state index in [4.69, 9.17) is 9.29 Å². The van der Waals surface area contributed by atoms with E-state index in [1.165, 1.54) is 0 Å². The molecule has 0 atom stereocenters. The molecule has 0 bridgehead atoms. The van der Waals surface area contributed by atoms with Crippen molar-refractivity contribution in [2.75, 3.05) is 25.4 Å². The molecule has 0 aromatic carbocycles. The first kappa shape index (κ1) is 14.2. The van der Waals surface area contributed by atoms with E-state index in [2.05, 4.69) is 10.3 Å². The van der Waals surface area contributed by atoms with Crippen LogP contribution in [0.15, 0.2) is 4.99 Å². The van der Waals surface area contributed by atoms with Crippen molar-refractivity contribution in [3.63, 3.8) is 0 Å². The molecule has 90 valence electrons. The fourth-order valence-electron chi connectivity index (χ4n) is 0.858. The van der Waals surface area contributed by atoms with Gasteiger partial charge in [-0.1, -0.05) is 0 Å². The number of ether oxygens (including phenoxy) is 1. The van der Waals surface area contributed by atoms with Crippen LogP contribution in [0.25, 0.3) is 0 Å². The second-order valence-corrected chi connectivity index (χ2v) is 4.37. The molecule has 0 fully saturated rings. The summed E-state index contributed by atoms with van der Waals surface area (Å²) in [4.78, 5) is 4.02. The molecule has 0 aliphatic carbocycles. The molecule has 0 spiro atoms. The van der Waals surface area contributed by atoms with Gasteiger partial charge in [0.2, 0.25) is 0 Å². The van der Waals surface area contributed by atoms with Crippen LogP contribution in [-0.2, 0) is 14.9 Å². The third-order valence-corrected chi connectivity index (χ3v) is 2.22. The van der Waals surface area contributed by atoms with Crippen molar-refractivity contribution in [3.8, 4) is 0 Å². The highest BCUT2D eigenvalue weighted by Gasteiger charge is 2.04. The van der Waals surface area contributed by atoms with Crippen molar-refractivity contribution < 1.29 is 17.7 Å². The van der Waals surface area contributed by atoms with Crippen LogP contribution in [0.5, 0.6) is 0 Å². The highest BCUT2D eigenvalue weighted by molar-refractivity contribution is 7.85. The van der Waals surface area contributed by atoms with Crippen LogP contribution in [0, 0.1) is 0 Å². The Bertz CT molecular complexity index is 287. The van der Waals surface area contributed by atoms with Crippen LogP contribution < -0.4 is 5.32 Å². The van der Waals surface area contributed by atoms with Gasteiger partial charge in [0.15, 0.2) is 0 Å². The van der Waals surface area contributed by atoms with Crippen molar-refractivity contribution in [2.45, 2.75) is 20.3 Å². The first-order valence-electron chi connectivity index (χ1n) is 4.85. The molecule has 0 aliphatic heterocycles. The summed E-state index contributed by atoms with van der Waals surface area (Å²) >= 11 is 0. The van der Waals surface area contributed by atoms with Crippen molar-refractivity contribution in [2.24, 2.45) is 4.99 Å². The zero-order valence-corrected chi connectivity index (χ0v) is 9.88. The maximum absolute atomic E-state index is 10.4. The number of aliphatic imine (C=N–C) groups is 1. The van der Waals surface area contributed by atoms with E-state index < -0.39 is 10.1 Å². The number of hydrogen-bond donors (Lipinski definition) is 2. The Morgan fingerprint density at radius 1 is 1.47 bits per heavy atom. The topological polar surface area (TPSA) is 88.0 Å². The fourth-order valence-corrected chi connectivity index (χ4v) is 1.34. The zero-order valence-electron chi connectivity index (χ0n) is 9.06. The maximum Gasteiger partial charge on any atom is 0.284 e. The lowest BCUT2D eigenvalue weighted by atomic mass is 10.5. The number of amidine groups is 1. The summed E-state index contributed by atoms with van der Waals surface area (Å²) in [7, 11) is -3.89. The summed E-state index contributed by atoms with van der Waals surface area (Å²) in [6.07, 6.45) is 0.243. The number of nitrogens with zero attached hydrogens (tertiary/aromatic N) is 1. The largest absolute Gasteiger partial charge is 0.465 e. The lowest BCUT2D eigenvalue weighted by molar-refractivity contribution is 0.287. The molecule has 0 amide bonds. The minimum atomic E-state index is -3.89. The van der Waals surface area contributed by atoms with Crippen LogP contribution >= 0.6 is 0 Å². The number of rotatable bonds is 6. The molecule has 0 heterocycles. The van der Waals surface area contributed by atoms with Gasteiger partial charge in [0.1, 0.15) is 0 Å². The summed E-state index contributed by atoms with van der Waals surface area (Å²) in [6, 6.07) is 0.412. The second kappa shape index (κ2) is 7.47. The summed E-state index contributed by atoms with van der Waals surface area (Å²) in [5.41, 5.74) is 0. The lowest BCUT2D eigenvalue weighted by Crippen LogP contribution is -2.27. The summed E-state index contributed by atoms with van der Waals surface area (Å²) < 4.78 is 34.4. The molecule has 0 unspecified atom stereocenters. The van der Waals surface area contributed by atoms with Crippen molar-refractivity contribution in [1.29, 1.82) is 0 Å². The Labute approximate surface area is 90.5 Å². The number of nitrogens with one attached hydrogen (secondary N) is 1. The Kier molecular flexibility index (Phi) is 7.06. The van der Waals surface area contributed by atoms with Gasteiger partial charge in [0.25, 0.3) is 16.1 Å². The standard InChI is InChI=1S/C8H18N2O4S/c1-3-9-8(10-4-2)14-6-5-7-15(11,12)13/h3-7H2,1-2H3,(H,9,10)(H,11,12,13). The van der Waals surface area contributed by atoms with E-state index in [0.717, 1.165) is 0 Å². The molecular formula is C8H18N2O4S. The SMILES string of the molecule is CCN=C(NCC)OCCCS(=O)(=O)O. The Morgan fingerprint density at radius 3 is 2.60 bits per heavy atom. The molecule has 0 saturated heterocycles. The fraction of sp³-hybridized carbons (Fsp3) is 0.875. The predicted octanol–water partition coefficient (Wildman–Crippen LogP) is 0.266. The van der Waals surface area contributed by atoms with Crippen LogP contribution in [-0.4, -0.2) is 44.4 Å². The van der Waals surface area contributed by atoms with Gasteiger partial charge in [-0.3, -0.25) is 4.55 Å². The molecule has 7 heteroatoms. The molecule has 0 aromatic heterocycles. The molecule has 0 aliphatic rings. The van der Waals surface area contributed by atoms with Gasteiger partial charge in [0, 0.05) is 13.1 Å². The van der Waals surface area contributed by atoms with E-state index in [-0.39, 0.29) is 18.8 Å². The third kappa shape index (κ3) is 9.48. The van der Waals surface area contributed by atoms with E-state index >= 15 is 0 Å². The molecule has 0 saturated carbocycles. The van der Waals surface area contributed by atoms with Gasteiger partial charge in [-0.2, -0.15) is 8.42 Å². The van der Waals surface area contributed by atoms with E-state index in [0.29, 0.717) is 19.1 Å². The Hall–Kier alpha value is -0.820. The number of hydrogen-bond acceptors (Lipinski definition) is 4. The van der Waals surface area contributed by atoms with Gasteiger partial charge in [0.05, 0.1) is 12.4 Å². The lowest BCUT2D eigenvalue weighted by Gasteiger charge is -2.09. The van der Waals surface area contributed by atoms with Crippen LogP contribution in [0.3, 0.4) is 0 Å².